The number of H-pyrrole nitrogens is 1. The van der Waals surface area contributed by atoms with Crippen LogP contribution in [0.4, 0.5) is 17.1 Å². The van der Waals surface area contributed by atoms with Crippen molar-refractivity contribution in [3.05, 3.63) is 94.8 Å². The van der Waals surface area contributed by atoms with Crippen LogP contribution < -0.4 is 11.5 Å². The molecule has 142 valence electrons. The van der Waals surface area contributed by atoms with Crippen LogP contribution in [0.25, 0.3) is 11.0 Å². The zero-order chi connectivity index (χ0) is 20.4. The van der Waals surface area contributed by atoms with Crippen molar-refractivity contribution in [2.75, 3.05) is 11.5 Å². The van der Waals surface area contributed by atoms with Gasteiger partial charge in [0.05, 0.1) is 22.3 Å². The molecule has 0 atom stereocenters. The Morgan fingerprint density at radius 1 is 0.929 bits per heavy atom. The number of nitro benzene ring substituents is 1. The van der Waals surface area contributed by atoms with Crippen molar-refractivity contribution in [2.45, 2.75) is 0 Å². The van der Waals surface area contributed by atoms with Crippen LogP contribution in [0.3, 0.4) is 0 Å². The first-order chi connectivity index (χ1) is 13.5. The van der Waals surface area contributed by atoms with E-state index in [-0.39, 0.29) is 5.69 Å². The molecule has 0 aliphatic rings. The molecule has 1 heterocycles. The number of nitrogens with zero attached hydrogens (tertiary/aromatic N) is 2. The maximum atomic E-state index is 10.3. The van der Waals surface area contributed by atoms with Crippen LogP contribution in [0.1, 0.15) is 10.4 Å². The van der Waals surface area contributed by atoms with E-state index in [2.05, 4.69) is 9.97 Å². The largest absolute Gasteiger partial charge is 0.399 e. The van der Waals surface area contributed by atoms with Crippen LogP contribution >= 0.6 is 0 Å². The molecule has 28 heavy (non-hydrogen) atoms. The van der Waals surface area contributed by atoms with E-state index in [1.807, 2.05) is 18.2 Å². The number of hydrogen-bond donors (Lipinski definition) is 3. The van der Waals surface area contributed by atoms with E-state index in [0.29, 0.717) is 5.52 Å². The molecule has 4 aromatic rings. The topological polar surface area (TPSA) is 141 Å². The number of aromatic nitrogens is 2. The van der Waals surface area contributed by atoms with Crippen molar-refractivity contribution in [2.24, 2.45) is 0 Å². The highest BCUT2D eigenvalue weighted by atomic mass is 16.6. The number of nitrogens with one attached hydrogen (secondary N) is 1. The van der Waals surface area contributed by atoms with E-state index < -0.39 is 4.92 Å². The molecule has 8 nitrogen and oxygen atoms in total. The second-order valence-corrected chi connectivity index (χ2v) is 5.56. The molecule has 0 saturated heterocycles. The standard InChI is InChI=1S/C7H5N3O2.C7H6O.C6H8N2/c11-10(12)5-1-2-6-7(3-5)9-4-8-6;8-6-7-4-2-1-3-5-7;7-5-1-2-6(8)4-3-5/h1-4H,(H,8,9);1-6H;1-4H,7-8H2. The van der Waals surface area contributed by atoms with Gasteiger partial charge in [-0.2, -0.15) is 0 Å². The first-order valence-corrected chi connectivity index (χ1v) is 8.18. The fourth-order valence-electron chi connectivity index (χ4n) is 2.06. The second-order valence-electron chi connectivity index (χ2n) is 5.56. The zero-order valence-electron chi connectivity index (χ0n) is 14.9. The Morgan fingerprint density at radius 3 is 2.04 bits per heavy atom. The van der Waals surface area contributed by atoms with Gasteiger partial charge >= 0.3 is 0 Å². The highest BCUT2D eigenvalue weighted by Crippen LogP contribution is 2.16. The maximum absolute atomic E-state index is 10.3. The van der Waals surface area contributed by atoms with E-state index in [9.17, 15) is 14.9 Å². The van der Waals surface area contributed by atoms with Crippen molar-refractivity contribution < 1.29 is 9.72 Å². The summed E-state index contributed by atoms with van der Waals surface area (Å²) in [7, 11) is 0. The average Bonchev–Trinajstić information content (AvgIpc) is 3.19. The van der Waals surface area contributed by atoms with Crippen LogP contribution in [0, 0.1) is 10.1 Å². The maximum Gasteiger partial charge on any atom is 0.271 e. The molecule has 3 aromatic carbocycles. The fraction of sp³-hybridized carbons (Fsp3) is 0. The van der Waals surface area contributed by atoms with E-state index in [1.54, 1.807) is 42.5 Å². The molecular weight excluding hydrogens is 358 g/mol. The minimum atomic E-state index is -0.430. The number of non-ortho nitro benzene ring substituents is 1. The van der Waals surface area contributed by atoms with Gasteiger partial charge in [0.15, 0.2) is 0 Å². The number of nitrogen functional groups attached to an aromatic ring is 2. The molecule has 0 unspecified atom stereocenters. The molecule has 1 aromatic heterocycles. The number of hydrogen-bond acceptors (Lipinski definition) is 6. The summed E-state index contributed by atoms with van der Waals surface area (Å²) in [5.74, 6) is 0. The molecular formula is C20H19N5O3. The van der Waals surface area contributed by atoms with Crippen LogP contribution in [0.15, 0.2) is 79.1 Å². The Balaban J connectivity index is 0.000000156. The lowest BCUT2D eigenvalue weighted by molar-refractivity contribution is -0.384. The minimum absolute atomic E-state index is 0.0757. The molecule has 4 rings (SSSR count). The van der Waals surface area contributed by atoms with Gasteiger partial charge in [0.2, 0.25) is 0 Å². The Morgan fingerprint density at radius 2 is 1.54 bits per heavy atom. The van der Waals surface area contributed by atoms with Crippen LogP contribution in [0.5, 0.6) is 0 Å². The number of anilines is 2. The molecule has 0 amide bonds. The van der Waals surface area contributed by atoms with Gasteiger partial charge in [-0.1, -0.05) is 30.3 Å². The van der Waals surface area contributed by atoms with Crippen molar-refractivity contribution in [3.8, 4) is 0 Å². The minimum Gasteiger partial charge on any atom is -0.399 e. The number of aromatic amines is 1. The summed E-state index contributed by atoms with van der Waals surface area (Å²) in [5, 5.41) is 10.3. The summed E-state index contributed by atoms with van der Waals surface area (Å²) < 4.78 is 0. The number of benzene rings is 3. The third-order valence-corrected chi connectivity index (χ3v) is 3.49. The van der Waals surface area contributed by atoms with Crippen LogP contribution in [0.2, 0.25) is 0 Å². The zero-order valence-corrected chi connectivity index (χ0v) is 14.9. The Labute approximate surface area is 161 Å². The molecule has 5 N–H and O–H groups in total. The van der Waals surface area contributed by atoms with Crippen LogP contribution in [-0.2, 0) is 0 Å². The van der Waals surface area contributed by atoms with Crippen molar-refractivity contribution >= 4 is 34.4 Å². The van der Waals surface area contributed by atoms with Gasteiger partial charge in [-0.05, 0) is 30.3 Å². The predicted molar refractivity (Wildman–Crippen MR) is 110 cm³/mol. The number of imidazole rings is 1. The van der Waals surface area contributed by atoms with Crippen molar-refractivity contribution in [1.82, 2.24) is 9.97 Å². The van der Waals surface area contributed by atoms with E-state index in [0.717, 1.165) is 28.7 Å². The van der Waals surface area contributed by atoms with Gasteiger partial charge in [-0.15, -0.1) is 0 Å². The first-order valence-electron chi connectivity index (χ1n) is 8.18. The monoisotopic (exact) mass is 377 g/mol. The number of aldehydes is 1. The molecule has 0 aliphatic carbocycles. The fourth-order valence-corrected chi connectivity index (χ4v) is 2.06. The van der Waals surface area contributed by atoms with Crippen molar-refractivity contribution in [1.29, 1.82) is 0 Å². The van der Waals surface area contributed by atoms with E-state index in [4.69, 9.17) is 11.5 Å². The number of carbonyl (C=O) groups excluding carboxylic acids is 1. The molecule has 0 bridgehead atoms. The third-order valence-electron chi connectivity index (χ3n) is 3.49. The molecule has 8 heteroatoms. The number of carbonyl (C=O) groups is 1. The second kappa shape index (κ2) is 10.1. The molecule has 0 spiro atoms. The number of nitrogens with two attached hydrogens (primary N) is 2. The van der Waals surface area contributed by atoms with E-state index in [1.165, 1.54) is 18.5 Å². The van der Waals surface area contributed by atoms with Gasteiger partial charge < -0.3 is 16.5 Å². The molecule has 0 radical (unpaired) electrons. The Kier molecular flexibility index (Phi) is 7.24. The number of nitro groups is 1. The van der Waals surface area contributed by atoms with Gasteiger partial charge in [-0.3, -0.25) is 14.9 Å². The van der Waals surface area contributed by atoms with Crippen LogP contribution in [-0.4, -0.2) is 21.2 Å². The predicted octanol–water partition coefficient (Wildman–Crippen LogP) is 3.82. The lowest BCUT2D eigenvalue weighted by Crippen LogP contribution is -1.86. The number of fused-ring (bicyclic) bond motifs is 1. The summed E-state index contributed by atoms with van der Waals surface area (Å²) in [6, 6.07) is 20.7. The highest BCUT2D eigenvalue weighted by Gasteiger charge is 2.06. The van der Waals surface area contributed by atoms with Crippen molar-refractivity contribution in [3.63, 3.8) is 0 Å². The number of rotatable bonds is 2. The molecule has 0 fully saturated rings. The lowest BCUT2D eigenvalue weighted by atomic mass is 10.2. The van der Waals surface area contributed by atoms with Gasteiger partial charge in [0, 0.05) is 29.1 Å². The highest BCUT2D eigenvalue weighted by molar-refractivity contribution is 5.77. The summed E-state index contributed by atoms with van der Waals surface area (Å²) in [4.78, 5) is 26.7. The molecule has 0 saturated carbocycles. The average molecular weight is 377 g/mol. The summed E-state index contributed by atoms with van der Waals surface area (Å²) in [6.45, 7) is 0. The van der Waals surface area contributed by atoms with Gasteiger partial charge in [0.25, 0.3) is 5.69 Å². The summed E-state index contributed by atoms with van der Waals surface area (Å²) >= 11 is 0. The Hall–Kier alpha value is -4.20. The van der Waals surface area contributed by atoms with Gasteiger partial charge in [-0.25, -0.2) is 4.98 Å². The lowest BCUT2D eigenvalue weighted by Gasteiger charge is -1.90. The quantitative estimate of drug-likeness (QED) is 0.210. The molecule has 0 aliphatic heterocycles. The Bertz CT molecular complexity index is 1010. The summed E-state index contributed by atoms with van der Waals surface area (Å²) in [6.07, 6.45) is 2.34. The summed E-state index contributed by atoms with van der Waals surface area (Å²) in [5.41, 5.74) is 14.5. The smallest absolute Gasteiger partial charge is 0.271 e. The van der Waals surface area contributed by atoms with E-state index >= 15 is 0 Å². The normalized spacial score (nSPS) is 9.43. The third kappa shape index (κ3) is 6.26. The first kappa shape index (κ1) is 20.1. The van der Waals surface area contributed by atoms with Gasteiger partial charge in [0.1, 0.15) is 6.29 Å². The SMILES string of the molecule is Nc1ccc(N)cc1.O=Cc1ccccc1.O=[N+]([O-])c1ccc2nc[nH]c2c1.